The first-order chi connectivity index (χ1) is 39.3. The van der Waals surface area contributed by atoms with Gasteiger partial charge in [-0.2, -0.15) is 0 Å². The summed E-state index contributed by atoms with van der Waals surface area (Å²) >= 11 is 3.61. The average Bonchev–Trinajstić information content (AvgIpc) is 3.62. The van der Waals surface area contributed by atoms with E-state index >= 15 is 0 Å². The number of hydrogen-bond acceptors (Lipinski definition) is 14. The molecule has 15 nitrogen and oxygen atoms in total. The third-order valence-electron chi connectivity index (χ3n) is 13.3. The standard InChI is InChI=1S/C32H32O6S.C30H29BrO4S.C2H4O2.CH2O3.CH4.2K.H/c1-20-15-25(16-21(2)23(20)4)26-17-22(3)32(27(18-26)19-37-24(5)33)38-29-9-13-31(14-10-29)39(34,35)30-11-7-28(36-6)8-12-30;1-19-14-23(15-20(2)22(19)4)24-16-21(3)30(25(17-24)18-31)35-27-8-12-29(13-9-27)36(32,33)28-10-6-26(34-5)7-11-28;1-2(3)4;2-1-4-3;;;;/h7-18H,19H2,1-6H3;6-17H,18H2,1-5H3;1H3,(H,3,4);1,3H;1H4;;;/q;;;;;2*+1;-1/p-1. The fourth-order valence-corrected chi connectivity index (χ4v) is 11.4. The molecule has 8 aromatic rings. The Labute approximate surface area is 601 Å². The number of aryl methyl sites for hydroxylation is 6. The van der Waals surface area contributed by atoms with E-state index in [1.54, 1.807) is 79.9 Å². The summed E-state index contributed by atoms with van der Waals surface area (Å²) in [6.07, 6.45) is 0. The second-order valence-electron chi connectivity index (χ2n) is 19.2. The van der Waals surface area contributed by atoms with Crippen LogP contribution in [0.1, 0.15) is 78.3 Å². The predicted octanol–water partition coefficient (Wildman–Crippen LogP) is 8.68. The molecule has 0 bridgehead atoms. The fraction of sp³-hybridized carbons (Fsp3) is 0.227. The van der Waals surface area contributed by atoms with Crippen molar-refractivity contribution < 1.29 is 174 Å². The molecule has 0 aromatic heterocycles. The number of carboxylic acid groups (broad SMARTS) is 1. The van der Waals surface area contributed by atoms with Crippen LogP contribution in [0.2, 0.25) is 0 Å². The molecule has 0 spiro atoms. The fourth-order valence-electron chi connectivity index (χ4n) is 8.50. The second kappa shape index (κ2) is 35.8. The molecule has 0 unspecified atom stereocenters. The van der Waals surface area contributed by atoms with Gasteiger partial charge in [0.05, 0.1) is 33.8 Å². The van der Waals surface area contributed by atoms with Gasteiger partial charge in [0.25, 0.3) is 12.4 Å². The molecule has 0 fully saturated rings. The van der Waals surface area contributed by atoms with Crippen molar-refractivity contribution in [2.75, 3.05) is 14.2 Å². The number of rotatable bonds is 16. The number of alkyl halides is 1. The van der Waals surface area contributed by atoms with Crippen molar-refractivity contribution in [2.45, 2.75) is 108 Å². The molecule has 0 heterocycles. The number of methoxy groups -OCH3 is 2. The second-order valence-corrected chi connectivity index (χ2v) is 23.6. The minimum absolute atomic E-state index is 0. The molecule has 0 radical (unpaired) electrons. The molecular weight excluding hydrogens is 1250 g/mol. The molecule has 446 valence electrons. The number of carbonyl (C=O) groups excluding carboxylic acids is 2. The van der Waals surface area contributed by atoms with Crippen LogP contribution in [-0.4, -0.2) is 54.6 Å². The molecule has 8 rings (SSSR count). The van der Waals surface area contributed by atoms with E-state index in [0.29, 0.717) is 39.6 Å². The Bertz CT molecular complexity index is 3780. The third kappa shape index (κ3) is 21.1. The first-order valence-electron chi connectivity index (χ1n) is 25.7. The topological polar surface area (TPSA) is 218 Å². The van der Waals surface area contributed by atoms with Crippen LogP contribution >= 0.6 is 15.9 Å². The van der Waals surface area contributed by atoms with E-state index in [0.717, 1.165) is 46.1 Å². The third-order valence-corrected chi connectivity index (χ3v) is 17.5. The van der Waals surface area contributed by atoms with Crippen LogP contribution < -0.4 is 127 Å². The molecule has 20 heteroatoms. The predicted molar refractivity (Wildman–Crippen MR) is 328 cm³/mol. The Balaban J connectivity index is 0.000000745. The van der Waals surface area contributed by atoms with Crippen LogP contribution in [0.25, 0.3) is 22.3 Å². The van der Waals surface area contributed by atoms with Crippen LogP contribution in [0.15, 0.2) is 165 Å². The van der Waals surface area contributed by atoms with E-state index in [2.05, 4.69) is 98.8 Å². The van der Waals surface area contributed by atoms with Crippen molar-refractivity contribution in [3.8, 4) is 56.8 Å². The summed E-state index contributed by atoms with van der Waals surface area (Å²) in [6.45, 7) is 19.0. The quantitative estimate of drug-likeness (QED) is 0.0239. The van der Waals surface area contributed by atoms with Crippen molar-refractivity contribution in [1.82, 2.24) is 0 Å². The number of halogens is 1. The summed E-state index contributed by atoms with van der Waals surface area (Å²) in [5, 5.41) is 16.5. The van der Waals surface area contributed by atoms with E-state index in [9.17, 15) is 21.6 Å². The van der Waals surface area contributed by atoms with Crippen LogP contribution in [0.3, 0.4) is 0 Å². The monoisotopic (exact) mass is 1320 g/mol. The minimum Gasteiger partial charge on any atom is -1.00 e. The summed E-state index contributed by atoms with van der Waals surface area (Å²) < 4.78 is 80.2. The van der Waals surface area contributed by atoms with Crippen molar-refractivity contribution in [1.29, 1.82) is 0 Å². The Hall–Kier alpha value is -5.02. The van der Waals surface area contributed by atoms with E-state index < -0.39 is 25.6 Å². The molecule has 0 amide bonds. The molecule has 0 saturated carbocycles. The molecule has 0 aliphatic heterocycles. The van der Waals surface area contributed by atoms with Gasteiger partial charge in [-0.15, -0.1) is 0 Å². The van der Waals surface area contributed by atoms with E-state index in [-0.39, 0.29) is 150 Å². The Morgan fingerprint density at radius 2 is 0.756 bits per heavy atom. The first kappa shape index (κ1) is 77.1. The van der Waals surface area contributed by atoms with Gasteiger partial charge in [0.15, 0.2) is 0 Å². The van der Waals surface area contributed by atoms with Gasteiger partial charge in [-0.25, -0.2) is 16.8 Å². The molecule has 8 aromatic carbocycles. The summed E-state index contributed by atoms with van der Waals surface area (Å²) in [5.41, 5.74) is 15.5. The largest absolute Gasteiger partial charge is 1.00 e. The maximum atomic E-state index is 13.1. The molecule has 1 N–H and O–H groups in total. The number of esters is 1. The normalized spacial score (nSPS) is 10.4. The van der Waals surface area contributed by atoms with E-state index in [1.807, 2.05) is 26.0 Å². The van der Waals surface area contributed by atoms with Gasteiger partial charge in [0, 0.05) is 30.3 Å². The van der Waals surface area contributed by atoms with Gasteiger partial charge < -0.3 is 40.4 Å². The van der Waals surface area contributed by atoms with Crippen LogP contribution in [0, 0.1) is 55.4 Å². The zero-order chi connectivity index (χ0) is 61.3. The van der Waals surface area contributed by atoms with Crippen LogP contribution in [-0.2, 0) is 55.6 Å². The number of benzene rings is 8. The number of carbonyl (C=O) groups is 3. The van der Waals surface area contributed by atoms with Crippen LogP contribution in [0.5, 0.6) is 34.5 Å². The van der Waals surface area contributed by atoms with Crippen LogP contribution in [0.4, 0.5) is 0 Å². The van der Waals surface area contributed by atoms with Crippen molar-refractivity contribution in [2.24, 2.45) is 0 Å². The van der Waals surface area contributed by atoms with Gasteiger partial charge in [-0.3, -0.25) is 14.4 Å². The smallest absolute Gasteiger partial charge is 1.00 e. The Morgan fingerprint density at radius 1 is 0.500 bits per heavy atom. The summed E-state index contributed by atoms with van der Waals surface area (Å²) in [6, 6.07) is 42.4. The first-order valence-corrected chi connectivity index (χ1v) is 29.8. The Kier molecular flexibility index (Phi) is 32.1. The van der Waals surface area contributed by atoms with Crippen molar-refractivity contribution in [3.63, 3.8) is 0 Å². The SMILES string of the molecule is C.CC(=O)O.COc1ccc(S(=O)(=O)c2ccc(Oc3c(C)cc(-c4cc(C)c(C)c(C)c4)cc3CBr)cc2)cc1.COc1ccc(S(=O)(=O)c2ccc(Oc3c(C)cc(-c4cc(C)c(C)c(C)c4)cc3COC(C)=O)cc2)cc1.O=CO[O-].[H-].[K+].[K+]. The van der Waals surface area contributed by atoms with Gasteiger partial charge in [0.1, 0.15) is 41.1 Å². The van der Waals surface area contributed by atoms with Crippen molar-refractivity contribution in [3.05, 3.63) is 201 Å². The number of carboxylic acids is 1. The molecule has 86 heavy (non-hydrogen) atoms. The molecule has 0 aliphatic rings. The zero-order valence-corrected chi connectivity index (χ0v) is 59.7. The number of ether oxygens (including phenoxy) is 5. The zero-order valence-electron chi connectivity index (χ0n) is 51.2. The molecule has 0 atom stereocenters. The van der Waals surface area contributed by atoms with E-state index in [4.69, 9.17) is 43.6 Å². The van der Waals surface area contributed by atoms with Gasteiger partial charge in [-0.1, -0.05) is 47.6 Å². The Morgan fingerprint density at radius 3 is 1.02 bits per heavy atom. The minimum atomic E-state index is -3.70. The summed E-state index contributed by atoms with van der Waals surface area (Å²) in [5.74, 6) is 2.33. The van der Waals surface area contributed by atoms with Crippen molar-refractivity contribution >= 4 is 54.0 Å². The van der Waals surface area contributed by atoms with Gasteiger partial charge >= 0.3 is 109 Å². The summed E-state index contributed by atoms with van der Waals surface area (Å²) in [4.78, 5) is 32.6. The number of sulfone groups is 2. The maximum absolute atomic E-state index is 13.1. The average molecular weight is 1330 g/mol. The maximum Gasteiger partial charge on any atom is 1.00 e. The molecule has 0 saturated heterocycles. The molecular formula is C66H71BrK2O15S2. The van der Waals surface area contributed by atoms with E-state index in [1.165, 1.54) is 77.2 Å². The van der Waals surface area contributed by atoms with Gasteiger partial charge in [0.2, 0.25) is 19.7 Å². The number of aliphatic carboxylic acids is 1. The number of hydrogen-bond donors (Lipinski definition) is 1. The molecule has 0 aliphatic carbocycles. The van der Waals surface area contributed by atoms with Gasteiger partial charge in [-0.05, 0) is 243 Å². The summed E-state index contributed by atoms with van der Waals surface area (Å²) in [7, 11) is -4.27.